The maximum Gasteiger partial charge on any atom is 0.320 e. The minimum absolute atomic E-state index is 0.0246. The first-order valence-corrected chi connectivity index (χ1v) is 15.5. The van der Waals surface area contributed by atoms with Crippen LogP contribution in [0.25, 0.3) is 0 Å². The number of carbonyl (C=O) groups excluding carboxylic acids is 2. The maximum absolute atomic E-state index is 13.3. The van der Waals surface area contributed by atoms with E-state index in [1.807, 2.05) is 9.80 Å². The number of carbonyl (C=O) groups is 2. The molecule has 3 fully saturated rings. The largest absolute Gasteiger partial charge is 0.495 e. The number of rotatable bonds is 7. The summed E-state index contributed by atoms with van der Waals surface area (Å²) in [5, 5.41) is 3.31. The summed E-state index contributed by atoms with van der Waals surface area (Å²) in [7, 11) is -2.11. The second-order valence-electron chi connectivity index (χ2n) is 10.8. The predicted octanol–water partition coefficient (Wildman–Crippen LogP) is 2.26. The van der Waals surface area contributed by atoms with Crippen molar-refractivity contribution in [2.75, 3.05) is 84.4 Å². The molecule has 13 heteroatoms. The normalized spacial score (nSPS) is 20.8. The van der Waals surface area contributed by atoms with E-state index in [-0.39, 0.29) is 18.5 Å². The van der Waals surface area contributed by atoms with Crippen LogP contribution in [0.2, 0.25) is 5.02 Å². The molecule has 1 aromatic rings. The van der Waals surface area contributed by atoms with E-state index in [9.17, 15) is 18.0 Å². The molecule has 0 radical (unpaired) electrons. The van der Waals surface area contributed by atoms with Gasteiger partial charge in [-0.25, -0.2) is 4.79 Å². The number of hydrogen-bond donors (Lipinski definition) is 1. The summed E-state index contributed by atoms with van der Waals surface area (Å²) in [6.07, 6.45) is 2.06. The highest BCUT2D eigenvalue weighted by molar-refractivity contribution is 7.86. The zero-order valence-electron chi connectivity index (χ0n) is 23.1. The minimum atomic E-state index is -3.63. The summed E-state index contributed by atoms with van der Waals surface area (Å²) in [5.74, 6) is 1.59. The van der Waals surface area contributed by atoms with Gasteiger partial charge < -0.3 is 19.9 Å². The van der Waals surface area contributed by atoms with Gasteiger partial charge in [-0.3, -0.25) is 9.69 Å². The van der Waals surface area contributed by atoms with E-state index < -0.39 is 10.2 Å². The lowest BCUT2D eigenvalue weighted by Crippen LogP contribution is -2.59. The molecule has 3 aliphatic heterocycles. The predicted molar refractivity (Wildman–Crippen MR) is 151 cm³/mol. The van der Waals surface area contributed by atoms with E-state index >= 15 is 0 Å². The van der Waals surface area contributed by atoms with Gasteiger partial charge in [0.1, 0.15) is 5.75 Å². The van der Waals surface area contributed by atoms with Crippen molar-refractivity contribution in [1.29, 1.82) is 0 Å². The van der Waals surface area contributed by atoms with E-state index in [1.54, 1.807) is 23.1 Å². The van der Waals surface area contributed by atoms with Crippen LogP contribution in [0.4, 0.5) is 10.5 Å². The zero-order chi connectivity index (χ0) is 28.2. The number of ether oxygens (including phenoxy) is 1. The van der Waals surface area contributed by atoms with E-state index in [2.05, 4.69) is 19.2 Å². The molecule has 0 bridgehead atoms. The molecule has 0 spiro atoms. The Labute approximate surface area is 237 Å². The number of nitrogens with one attached hydrogen (secondary N) is 1. The average Bonchev–Trinajstić information content (AvgIpc) is 2.93. The molecule has 0 aliphatic carbocycles. The lowest BCUT2D eigenvalue weighted by Gasteiger charge is -2.41. The van der Waals surface area contributed by atoms with Crippen molar-refractivity contribution < 1.29 is 22.7 Å². The van der Waals surface area contributed by atoms with Gasteiger partial charge in [-0.2, -0.15) is 17.0 Å². The molecule has 4 rings (SSSR count). The van der Waals surface area contributed by atoms with E-state index in [0.29, 0.717) is 80.7 Å². The lowest BCUT2D eigenvalue weighted by atomic mass is 9.87. The summed E-state index contributed by atoms with van der Waals surface area (Å²) in [6.45, 7) is 9.04. The molecule has 1 N–H and O–H groups in total. The molecular formula is C26H41ClN6O5S. The number of benzene rings is 1. The van der Waals surface area contributed by atoms with Crippen molar-refractivity contribution >= 4 is 39.4 Å². The van der Waals surface area contributed by atoms with Crippen LogP contribution in [-0.4, -0.2) is 123 Å². The first-order valence-electron chi connectivity index (χ1n) is 13.7. The van der Waals surface area contributed by atoms with Crippen molar-refractivity contribution in [1.82, 2.24) is 23.3 Å². The van der Waals surface area contributed by atoms with Crippen LogP contribution in [0, 0.1) is 11.8 Å². The van der Waals surface area contributed by atoms with Crippen molar-refractivity contribution in [3.63, 3.8) is 0 Å². The number of piperazine rings is 2. The standard InChI is InChI=1S/C26H41ClN6O5S/c1-20(2)21-6-8-30(9-7-21)26(35)31-12-16-33(17-13-31)39(36,37)32-14-10-29(11-15-32)19-25(34)28-23-18-22(27)4-5-24(23)38-3/h4-5,18,20-21H,6-17,19H2,1-3H3,(H,28,34). The molecule has 3 saturated heterocycles. The molecule has 218 valence electrons. The van der Waals surface area contributed by atoms with Gasteiger partial charge in [-0.05, 0) is 42.9 Å². The number of hydrogen-bond acceptors (Lipinski definition) is 6. The van der Waals surface area contributed by atoms with Gasteiger partial charge in [0.25, 0.3) is 10.2 Å². The van der Waals surface area contributed by atoms with Crippen LogP contribution in [0.5, 0.6) is 5.75 Å². The molecule has 3 amide bonds. The van der Waals surface area contributed by atoms with Crippen LogP contribution in [-0.2, 0) is 15.0 Å². The number of urea groups is 1. The number of halogens is 1. The Morgan fingerprint density at radius 3 is 2.08 bits per heavy atom. The van der Waals surface area contributed by atoms with Gasteiger partial charge in [0, 0.05) is 70.5 Å². The van der Waals surface area contributed by atoms with Crippen molar-refractivity contribution in [2.45, 2.75) is 26.7 Å². The fraction of sp³-hybridized carbons (Fsp3) is 0.692. The van der Waals surface area contributed by atoms with E-state index in [4.69, 9.17) is 16.3 Å². The highest BCUT2D eigenvalue weighted by atomic mass is 35.5. The molecule has 0 aromatic heterocycles. The van der Waals surface area contributed by atoms with Crippen LogP contribution in [0.15, 0.2) is 18.2 Å². The van der Waals surface area contributed by atoms with E-state index in [1.165, 1.54) is 15.7 Å². The molecular weight excluding hydrogens is 544 g/mol. The Bertz CT molecular complexity index is 1110. The average molecular weight is 585 g/mol. The Morgan fingerprint density at radius 1 is 0.949 bits per heavy atom. The highest BCUT2D eigenvalue weighted by Gasteiger charge is 2.36. The Hall–Kier alpha value is -2.12. The van der Waals surface area contributed by atoms with Crippen LogP contribution in [0.1, 0.15) is 26.7 Å². The molecule has 3 aliphatic rings. The van der Waals surface area contributed by atoms with Gasteiger partial charge in [-0.1, -0.05) is 25.4 Å². The summed E-state index contributed by atoms with van der Waals surface area (Å²) < 4.78 is 34.8. The third kappa shape index (κ3) is 7.35. The van der Waals surface area contributed by atoms with Crippen molar-refractivity contribution in [3.05, 3.63) is 23.2 Å². The third-order valence-corrected chi connectivity index (χ3v) is 10.3. The van der Waals surface area contributed by atoms with Gasteiger partial charge in [-0.15, -0.1) is 0 Å². The number of likely N-dealkylation sites (tertiary alicyclic amines) is 1. The summed E-state index contributed by atoms with van der Waals surface area (Å²) in [6, 6.07) is 5.03. The number of piperidine rings is 1. The first-order chi connectivity index (χ1) is 18.6. The molecule has 11 nitrogen and oxygen atoms in total. The minimum Gasteiger partial charge on any atom is -0.495 e. The molecule has 0 unspecified atom stereocenters. The van der Waals surface area contributed by atoms with E-state index in [0.717, 1.165) is 25.9 Å². The fourth-order valence-electron chi connectivity index (χ4n) is 5.52. The fourth-order valence-corrected chi connectivity index (χ4v) is 7.27. The second kappa shape index (κ2) is 13.0. The van der Waals surface area contributed by atoms with Gasteiger partial charge >= 0.3 is 6.03 Å². The molecule has 0 saturated carbocycles. The Morgan fingerprint density at radius 2 is 1.51 bits per heavy atom. The number of anilines is 1. The smallest absolute Gasteiger partial charge is 0.320 e. The second-order valence-corrected chi connectivity index (χ2v) is 13.2. The summed E-state index contributed by atoms with van der Waals surface area (Å²) >= 11 is 6.04. The van der Waals surface area contributed by atoms with Gasteiger partial charge in [0.2, 0.25) is 5.91 Å². The summed E-state index contributed by atoms with van der Waals surface area (Å²) in [5.41, 5.74) is 0.494. The zero-order valence-corrected chi connectivity index (χ0v) is 24.7. The number of nitrogens with zero attached hydrogens (tertiary/aromatic N) is 5. The Kier molecular flexibility index (Phi) is 9.97. The number of amides is 3. The number of methoxy groups -OCH3 is 1. The summed E-state index contributed by atoms with van der Waals surface area (Å²) in [4.78, 5) is 31.2. The lowest BCUT2D eigenvalue weighted by molar-refractivity contribution is -0.117. The highest BCUT2D eigenvalue weighted by Crippen LogP contribution is 2.28. The van der Waals surface area contributed by atoms with Crippen molar-refractivity contribution in [2.24, 2.45) is 11.8 Å². The van der Waals surface area contributed by atoms with Gasteiger partial charge in [0.15, 0.2) is 0 Å². The molecule has 1 aromatic carbocycles. The van der Waals surface area contributed by atoms with Crippen LogP contribution < -0.4 is 10.1 Å². The molecule has 39 heavy (non-hydrogen) atoms. The van der Waals surface area contributed by atoms with Gasteiger partial charge in [0.05, 0.1) is 19.3 Å². The van der Waals surface area contributed by atoms with Crippen LogP contribution in [0.3, 0.4) is 0 Å². The van der Waals surface area contributed by atoms with Crippen LogP contribution >= 0.6 is 11.6 Å². The van der Waals surface area contributed by atoms with Crippen molar-refractivity contribution in [3.8, 4) is 5.75 Å². The Balaban J connectivity index is 1.22. The quantitative estimate of drug-likeness (QED) is 0.527. The molecule has 0 atom stereocenters. The monoisotopic (exact) mass is 584 g/mol. The SMILES string of the molecule is COc1ccc(Cl)cc1NC(=O)CN1CCN(S(=O)(=O)N2CCN(C(=O)N3CCC(C(C)C)CC3)CC2)CC1. The first kappa shape index (κ1) is 29.9. The maximum atomic E-state index is 13.3. The third-order valence-electron chi connectivity index (χ3n) is 8.05. The molecule has 3 heterocycles. The topological polar surface area (TPSA) is 106 Å².